The van der Waals surface area contributed by atoms with Gasteiger partial charge in [0.2, 0.25) is 0 Å². The molecular weight excluding hydrogens is 262 g/mol. The minimum atomic E-state index is 0.0447. The Morgan fingerprint density at radius 3 is 2.10 bits per heavy atom. The third-order valence-electron chi connectivity index (χ3n) is 5.43. The van der Waals surface area contributed by atoms with Gasteiger partial charge in [-0.25, -0.2) is 4.79 Å². The van der Waals surface area contributed by atoms with Crippen molar-refractivity contribution in [2.24, 2.45) is 11.8 Å². The van der Waals surface area contributed by atoms with Gasteiger partial charge in [-0.1, -0.05) is 32.6 Å². The van der Waals surface area contributed by atoms with Crippen molar-refractivity contribution in [1.29, 1.82) is 0 Å². The molecule has 2 rings (SSSR count). The Kier molecular flexibility index (Phi) is 6.81. The molecule has 0 atom stereocenters. The third kappa shape index (κ3) is 5.17. The van der Waals surface area contributed by atoms with Crippen molar-refractivity contribution in [2.75, 3.05) is 26.7 Å². The molecule has 0 aliphatic heterocycles. The van der Waals surface area contributed by atoms with E-state index in [4.69, 9.17) is 0 Å². The molecule has 0 aromatic heterocycles. The molecule has 0 bridgehead atoms. The number of urea groups is 1. The van der Waals surface area contributed by atoms with Crippen LogP contribution in [0.3, 0.4) is 0 Å². The lowest BCUT2D eigenvalue weighted by Crippen LogP contribution is -2.49. The first-order valence-electron chi connectivity index (χ1n) is 8.93. The lowest BCUT2D eigenvalue weighted by atomic mass is 9.86. The summed E-state index contributed by atoms with van der Waals surface area (Å²) in [5.41, 5.74) is 0. The number of hydrogen-bond donors (Lipinski definition) is 2. The van der Waals surface area contributed by atoms with E-state index in [1.54, 1.807) is 0 Å². The molecule has 4 nitrogen and oxygen atoms in total. The van der Waals surface area contributed by atoms with Gasteiger partial charge in [0.15, 0.2) is 0 Å². The van der Waals surface area contributed by atoms with Gasteiger partial charge >= 0.3 is 6.03 Å². The first-order valence-corrected chi connectivity index (χ1v) is 8.93. The second kappa shape index (κ2) is 8.62. The summed E-state index contributed by atoms with van der Waals surface area (Å²) in [5, 5.41) is 6.36. The van der Waals surface area contributed by atoms with E-state index in [9.17, 15) is 4.79 Å². The van der Waals surface area contributed by atoms with E-state index in [-0.39, 0.29) is 6.03 Å². The predicted molar refractivity (Wildman–Crippen MR) is 87.4 cm³/mol. The van der Waals surface area contributed by atoms with E-state index >= 15 is 0 Å². The van der Waals surface area contributed by atoms with Gasteiger partial charge in [0, 0.05) is 19.1 Å². The number of carbonyl (C=O) groups excluding carboxylic acids is 1. The number of carbonyl (C=O) groups is 1. The van der Waals surface area contributed by atoms with Crippen LogP contribution in [0.25, 0.3) is 0 Å². The molecule has 122 valence electrons. The second-order valence-electron chi connectivity index (χ2n) is 6.91. The molecule has 0 unspecified atom stereocenters. The largest absolute Gasteiger partial charge is 0.337 e. The first kappa shape index (κ1) is 16.6. The molecule has 0 heterocycles. The van der Waals surface area contributed by atoms with Crippen LogP contribution in [-0.2, 0) is 0 Å². The SMILES string of the molecule is CCN(C)CCNC(=O)NC(C1CCCC1)C1CCCC1. The zero-order chi connectivity index (χ0) is 15.1. The molecule has 0 saturated heterocycles. The number of nitrogens with zero attached hydrogens (tertiary/aromatic N) is 1. The van der Waals surface area contributed by atoms with Crippen molar-refractivity contribution in [3.05, 3.63) is 0 Å². The van der Waals surface area contributed by atoms with Crippen LogP contribution in [-0.4, -0.2) is 43.7 Å². The lowest BCUT2D eigenvalue weighted by Gasteiger charge is -2.30. The topological polar surface area (TPSA) is 44.4 Å². The summed E-state index contributed by atoms with van der Waals surface area (Å²) in [7, 11) is 2.08. The fourth-order valence-electron chi connectivity index (χ4n) is 3.97. The Hall–Kier alpha value is -0.770. The molecule has 4 heteroatoms. The molecule has 21 heavy (non-hydrogen) atoms. The zero-order valence-corrected chi connectivity index (χ0v) is 13.9. The summed E-state index contributed by atoms with van der Waals surface area (Å²) in [6.45, 7) is 4.81. The maximum atomic E-state index is 12.2. The van der Waals surface area contributed by atoms with Gasteiger partial charge in [0.1, 0.15) is 0 Å². The van der Waals surface area contributed by atoms with E-state index in [2.05, 4.69) is 29.5 Å². The Labute approximate surface area is 130 Å². The smallest absolute Gasteiger partial charge is 0.315 e. The molecule has 0 radical (unpaired) electrons. The van der Waals surface area contributed by atoms with Crippen LogP contribution in [0.4, 0.5) is 4.79 Å². The van der Waals surface area contributed by atoms with Crippen molar-refractivity contribution < 1.29 is 4.79 Å². The minimum Gasteiger partial charge on any atom is -0.337 e. The van der Waals surface area contributed by atoms with Gasteiger partial charge in [-0.05, 0) is 51.1 Å². The van der Waals surface area contributed by atoms with E-state index in [1.165, 1.54) is 51.4 Å². The van der Waals surface area contributed by atoms with E-state index in [0.29, 0.717) is 6.04 Å². The summed E-state index contributed by atoms with van der Waals surface area (Å²) < 4.78 is 0. The summed E-state index contributed by atoms with van der Waals surface area (Å²) in [6.07, 6.45) is 10.6. The maximum Gasteiger partial charge on any atom is 0.315 e. The number of rotatable bonds is 7. The molecule has 2 aliphatic rings. The van der Waals surface area contributed by atoms with Crippen LogP contribution >= 0.6 is 0 Å². The predicted octanol–water partition coefficient (Wildman–Crippen LogP) is 2.99. The highest BCUT2D eigenvalue weighted by Crippen LogP contribution is 2.37. The van der Waals surface area contributed by atoms with Crippen LogP contribution in [0.2, 0.25) is 0 Å². The lowest BCUT2D eigenvalue weighted by molar-refractivity contribution is 0.213. The number of nitrogens with one attached hydrogen (secondary N) is 2. The van der Waals surface area contributed by atoms with Gasteiger partial charge in [0.25, 0.3) is 0 Å². The summed E-state index contributed by atoms with van der Waals surface area (Å²) >= 11 is 0. The standard InChI is InChI=1S/C17H33N3O/c1-3-20(2)13-12-18-17(21)19-16(14-8-4-5-9-14)15-10-6-7-11-15/h14-16H,3-13H2,1-2H3,(H2,18,19,21). The second-order valence-corrected chi connectivity index (χ2v) is 6.91. The van der Waals surface area contributed by atoms with Crippen LogP contribution < -0.4 is 10.6 Å². The molecule has 2 aliphatic carbocycles. The fraction of sp³-hybridized carbons (Fsp3) is 0.941. The van der Waals surface area contributed by atoms with Crippen LogP contribution in [0.5, 0.6) is 0 Å². The van der Waals surface area contributed by atoms with Gasteiger partial charge in [-0.2, -0.15) is 0 Å². The molecule has 2 amide bonds. The molecule has 0 spiro atoms. The Morgan fingerprint density at radius 1 is 1.10 bits per heavy atom. The van der Waals surface area contributed by atoms with Gasteiger partial charge in [-0.3, -0.25) is 0 Å². The average Bonchev–Trinajstić information content (AvgIpc) is 3.17. The van der Waals surface area contributed by atoms with Crippen LogP contribution in [0.15, 0.2) is 0 Å². The Bertz CT molecular complexity index is 293. The number of hydrogen-bond acceptors (Lipinski definition) is 2. The fourth-order valence-corrected chi connectivity index (χ4v) is 3.97. The highest BCUT2D eigenvalue weighted by Gasteiger charge is 2.34. The van der Waals surface area contributed by atoms with E-state index < -0.39 is 0 Å². The van der Waals surface area contributed by atoms with E-state index in [1.807, 2.05) is 0 Å². The van der Waals surface area contributed by atoms with Gasteiger partial charge < -0.3 is 15.5 Å². The highest BCUT2D eigenvalue weighted by atomic mass is 16.2. The first-order chi connectivity index (χ1) is 10.2. The van der Waals surface area contributed by atoms with Crippen molar-refractivity contribution in [1.82, 2.24) is 15.5 Å². The van der Waals surface area contributed by atoms with Crippen LogP contribution in [0, 0.1) is 11.8 Å². The van der Waals surface area contributed by atoms with Crippen LogP contribution in [0.1, 0.15) is 58.3 Å². The average molecular weight is 295 g/mol. The highest BCUT2D eigenvalue weighted by molar-refractivity contribution is 5.74. The summed E-state index contributed by atoms with van der Waals surface area (Å²) in [4.78, 5) is 14.4. The molecule has 0 aromatic rings. The minimum absolute atomic E-state index is 0.0447. The summed E-state index contributed by atoms with van der Waals surface area (Å²) in [6, 6.07) is 0.460. The maximum absolute atomic E-state index is 12.2. The van der Waals surface area contributed by atoms with Gasteiger partial charge in [-0.15, -0.1) is 0 Å². The number of likely N-dealkylation sites (N-methyl/N-ethyl adjacent to an activating group) is 1. The molecular formula is C17H33N3O. The molecule has 0 aromatic carbocycles. The van der Waals surface area contributed by atoms with Crippen molar-refractivity contribution in [3.63, 3.8) is 0 Å². The van der Waals surface area contributed by atoms with Crippen molar-refractivity contribution in [3.8, 4) is 0 Å². The Balaban J connectivity index is 1.78. The zero-order valence-electron chi connectivity index (χ0n) is 13.9. The third-order valence-corrected chi connectivity index (χ3v) is 5.43. The van der Waals surface area contributed by atoms with Gasteiger partial charge in [0.05, 0.1) is 0 Å². The molecule has 2 N–H and O–H groups in total. The molecule has 2 fully saturated rings. The summed E-state index contributed by atoms with van der Waals surface area (Å²) in [5.74, 6) is 1.44. The normalized spacial score (nSPS) is 20.6. The van der Waals surface area contributed by atoms with Crippen molar-refractivity contribution in [2.45, 2.75) is 64.3 Å². The van der Waals surface area contributed by atoms with Crippen molar-refractivity contribution >= 4 is 6.03 Å². The molecule has 2 saturated carbocycles. The Morgan fingerprint density at radius 2 is 1.62 bits per heavy atom. The number of amides is 2. The van der Waals surface area contributed by atoms with E-state index in [0.717, 1.165) is 31.5 Å². The monoisotopic (exact) mass is 295 g/mol. The quantitative estimate of drug-likeness (QED) is 0.758.